The number of fused-ring (bicyclic) bond motifs is 1. The number of ether oxygens (including phenoxy) is 1. The number of rotatable bonds is 4. The molecule has 0 saturated carbocycles. The minimum absolute atomic E-state index is 0.0456. The Kier molecular flexibility index (Phi) is 5.76. The predicted octanol–water partition coefficient (Wildman–Crippen LogP) is 1.17. The average Bonchev–Trinajstić information content (AvgIpc) is 2.96. The molecule has 2 aliphatic heterocycles. The second kappa shape index (κ2) is 7.90. The Labute approximate surface area is 161 Å². The molecule has 0 N–H and O–H groups in total. The van der Waals surface area contributed by atoms with Crippen molar-refractivity contribution in [2.75, 3.05) is 52.3 Å². The highest BCUT2D eigenvalue weighted by Crippen LogP contribution is 2.28. The Morgan fingerprint density at radius 1 is 1.22 bits per heavy atom. The monoisotopic (exact) mass is 393 g/mol. The van der Waals surface area contributed by atoms with Crippen molar-refractivity contribution in [3.05, 3.63) is 35.9 Å². The quantitative estimate of drug-likeness (QED) is 0.768. The number of hydrogen-bond acceptors (Lipinski definition) is 5. The summed E-state index contributed by atoms with van der Waals surface area (Å²) >= 11 is 0. The molecule has 2 fully saturated rings. The van der Waals surface area contributed by atoms with Gasteiger partial charge in [-0.15, -0.1) is 0 Å². The summed E-state index contributed by atoms with van der Waals surface area (Å²) in [5.74, 6) is 0.956. The first-order valence-corrected chi connectivity index (χ1v) is 10.9. The summed E-state index contributed by atoms with van der Waals surface area (Å²) in [6, 6.07) is 7.20. The summed E-state index contributed by atoms with van der Waals surface area (Å²) in [5, 5.41) is 0. The first-order valence-electron chi connectivity index (χ1n) is 9.04. The summed E-state index contributed by atoms with van der Waals surface area (Å²) in [6.45, 7) is 1.83. The van der Waals surface area contributed by atoms with Gasteiger partial charge in [-0.05, 0) is 6.07 Å². The van der Waals surface area contributed by atoms with Gasteiger partial charge in [0, 0.05) is 45.3 Å². The van der Waals surface area contributed by atoms with Crippen molar-refractivity contribution in [1.82, 2.24) is 14.7 Å². The second-order valence-corrected chi connectivity index (χ2v) is 9.38. The van der Waals surface area contributed by atoms with Gasteiger partial charge < -0.3 is 14.5 Å². The zero-order valence-electron chi connectivity index (χ0n) is 16.0. The minimum atomic E-state index is -3.14. The molecule has 2 atom stereocenters. The van der Waals surface area contributed by atoms with Crippen molar-refractivity contribution in [3.63, 3.8) is 0 Å². The van der Waals surface area contributed by atoms with E-state index in [1.54, 1.807) is 26.1 Å². The van der Waals surface area contributed by atoms with Gasteiger partial charge in [-0.1, -0.05) is 30.4 Å². The molecular weight excluding hydrogens is 366 g/mol. The van der Waals surface area contributed by atoms with Crippen LogP contribution in [0.25, 0.3) is 6.08 Å². The first-order chi connectivity index (χ1) is 12.8. The number of benzene rings is 1. The molecular formula is C19H27N3O4S. The van der Waals surface area contributed by atoms with E-state index in [0.29, 0.717) is 19.6 Å². The first kappa shape index (κ1) is 19.7. The van der Waals surface area contributed by atoms with E-state index in [1.165, 1.54) is 4.90 Å². The Morgan fingerprint density at radius 2 is 1.93 bits per heavy atom. The normalized spacial score (nSPS) is 24.8. The van der Waals surface area contributed by atoms with Crippen molar-refractivity contribution in [3.8, 4) is 5.75 Å². The molecule has 148 valence electrons. The van der Waals surface area contributed by atoms with E-state index in [2.05, 4.69) is 4.90 Å². The van der Waals surface area contributed by atoms with Gasteiger partial charge in [0.1, 0.15) is 5.75 Å². The lowest BCUT2D eigenvalue weighted by Crippen LogP contribution is -2.62. The molecule has 0 aromatic heterocycles. The average molecular weight is 394 g/mol. The number of carbonyl (C=O) groups is 1. The molecule has 0 bridgehead atoms. The van der Waals surface area contributed by atoms with Gasteiger partial charge in [-0.2, -0.15) is 0 Å². The van der Waals surface area contributed by atoms with Crippen LogP contribution in [0, 0.1) is 0 Å². The summed E-state index contributed by atoms with van der Waals surface area (Å²) < 4.78 is 29.8. The summed E-state index contributed by atoms with van der Waals surface area (Å²) in [4.78, 5) is 17.8. The van der Waals surface area contributed by atoms with Crippen LogP contribution in [0.2, 0.25) is 0 Å². The predicted molar refractivity (Wildman–Crippen MR) is 106 cm³/mol. The maximum atomic E-state index is 12.4. The van der Waals surface area contributed by atoms with E-state index >= 15 is 0 Å². The molecule has 8 heteroatoms. The van der Waals surface area contributed by atoms with Crippen LogP contribution in [0.5, 0.6) is 5.75 Å². The van der Waals surface area contributed by atoms with Gasteiger partial charge in [-0.3, -0.25) is 4.90 Å². The topological polar surface area (TPSA) is 70.2 Å². The van der Waals surface area contributed by atoms with Gasteiger partial charge in [0.25, 0.3) is 0 Å². The Balaban J connectivity index is 1.74. The lowest BCUT2D eigenvalue weighted by atomic mass is 10.0. The molecule has 1 aromatic carbocycles. The van der Waals surface area contributed by atoms with Gasteiger partial charge in [-0.25, -0.2) is 13.2 Å². The number of piperazine rings is 1. The molecule has 0 radical (unpaired) electrons. The minimum Gasteiger partial charge on any atom is -0.496 e. The summed E-state index contributed by atoms with van der Waals surface area (Å²) in [5.41, 5.74) is 0.983. The lowest BCUT2D eigenvalue weighted by molar-refractivity contribution is 0.0638. The van der Waals surface area contributed by atoms with E-state index < -0.39 is 9.84 Å². The van der Waals surface area contributed by atoms with Gasteiger partial charge in [0.15, 0.2) is 9.84 Å². The van der Waals surface area contributed by atoms with E-state index in [4.69, 9.17) is 4.74 Å². The second-order valence-electron chi connectivity index (χ2n) is 7.22. The van der Waals surface area contributed by atoms with Crippen molar-refractivity contribution in [2.24, 2.45) is 0 Å². The van der Waals surface area contributed by atoms with Crippen LogP contribution in [-0.2, 0) is 9.84 Å². The highest BCUT2D eigenvalue weighted by molar-refractivity contribution is 7.91. The maximum absolute atomic E-state index is 12.4. The smallest absolute Gasteiger partial charge is 0.319 e. The van der Waals surface area contributed by atoms with Crippen LogP contribution < -0.4 is 4.74 Å². The molecule has 0 unspecified atom stereocenters. The van der Waals surface area contributed by atoms with E-state index in [-0.39, 0.29) is 29.6 Å². The Morgan fingerprint density at radius 3 is 2.63 bits per heavy atom. The molecule has 2 heterocycles. The third-order valence-corrected chi connectivity index (χ3v) is 6.89. The van der Waals surface area contributed by atoms with Gasteiger partial charge >= 0.3 is 6.03 Å². The van der Waals surface area contributed by atoms with Gasteiger partial charge in [0.05, 0.1) is 24.7 Å². The number of hydrogen-bond donors (Lipinski definition) is 0. The highest BCUT2D eigenvalue weighted by Gasteiger charge is 2.47. The molecule has 1 aromatic rings. The number of sulfone groups is 1. The van der Waals surface area contributed by atoms with Gasteiger partial charge in [0.2, 0.25) is 0 Å². The van der Waals surface area contributed by atoms with Crippen LogP contribution in [-0.4, -0.2) is 93.6 Å². The molecule has 0 spiro atoms. The lowest BCUT2D eigenvalue weighted by Gasteiger charge is -2.44. The van der Waals surface area contributed by atoms with Crippen LogP contribution in [0.4, 0.5) is 4.79 Å². The number of nitrogens with zero attached hydrogens (tertiary/aromatic N) is 3. The Hall–Kier alpha value is -2.06. The Bertz CT molecular complexity index is 822. The fourth-order valence-electron chi connectivity index (χ4n) is 3.87. The maximum Gasteiger partial charge on any atom is 0.319 e. The van der Waals surface area contributed by atoms with Crippen molar-refractivity contribution in [2.45, 2.75) is 12.1 Å². The molecule has 0 aliphatic carbocycles. The third kappa shape index (κ3) is 4.27. The largest absolute Gasteiger partial charge is 0.496 e. The van der Waals surface area contributed by atoms with E-state index in [0.717, 1.165) is 11.3 Å². The molecule has 27 heavy (non-hydrogen) atoms. The van der Waals surface area contributed by atoms with Crippen LogP contribution in [0.1, 0.15) is 5.56 Å². The number of urea groups is 1. The van der Waals surface area contributed by atoms with Crippen LogP contribution in [0.3, 0.4) is 0 Å². The number of para-hydroxylation sites is 1. The van der Waals surface area contributed by atoms with Crippen molar-refractivity contribution >= 4 is 21.9 Å². The van der Waals surface area contributed by atoms with Crippen molar-refractivity contribution < 1.29 is 17.9 Å². The fraction of sp³-hybridized carbons (Fsp3) is 0.526. The van der Waals surface area contributed by atoms with E-state index in [1.807, 2.05) is 36.4 Å². The van der Waals surface area contributed by atoms with Crippen LogP contribution in [0.15, 0.2) is 30.3 Å². The van der Waals surface area contributed by atoms with Crippen LogP contribution >= 0.6 is 0 Å². The molecule has 2 saturated heterocycles. The fourth-order valence-corrected chi connectivity index (χ4v) is 5.88. The number of amides is 2. The number of carbonyl (C=O) groups excluding carboxylic acids is 1. The molecule has 7 nitrogen and oxygen atoms in total. The summed E-state index contributed by atoms with van der Waals surface area (Å²) in [6.07, 6.45) is 4.03. The van der Waals surface area contributed by atoms with Crippen molar-refractivity contribution in [1.29, 1.82) is 0 Å². The molecule has 2 amide bonds. The molecule has 2 aliphatic rings. The molecule has 3 rings (SSSR count). The zero-order chi connectivity index (χ0) is 19.6. The van der Waals surface area contributed by atoms with E-state index in [9.17, 15) is 13.2 Å². The SMILES string of the molecule is COc1ccccc1/C=C/CN1CCN(C(=O)N(C)C)[C@H]2CS(=O)(=O)C[C@H]21. The zero-order valence-corrected chi connectivity index (χ0v) is 16.9. The number of methoxy groups -OCH3 is 1. The summed E-state index contributed by atoms with van der Waals surface area (Å²) in [7, 11) is 1.90. The standard InChI is InChI=1S/C19H27N3O4S/c1-20(2)19(23)22-12-11-21(16-13-27(24,25)14-17(16)22)10-6-8-15-7-4-5-9-18(15)26-3/h4-9,16-17H,10-14H2,1-3H3/b8-6+/t16-,17+/m1/s1. The highest BCUT2D eigenvalue weighted by atomic mass is 32.2. The third-order valence-electron chi connectivity index (χ3n) is 5.20.